The molecule has 1 atom stereocenters. The summed E-state index contributed by atoms with van der Waals surface area (Å²) in [6.07, 6.45) is 0.190. The Hall–Kier alpha value is -0.610. The minimum Gasteiger partial charge on any atom is -0.481 e. The number of aliphatic hydroxyl groups is 1. The van der Waals surface area contributed by atoms with E-state index in [0.717, 1.165) is 0 Å². The molecule has 1 saturated heterocycles. The molecule has 1 fully saturated rings. The van der Waals surface area contributed by atoms with Crippen molar-refractivity contribution in [2.75, 3.05) is 13.2 Å². The molecule has 0 aliphatic carbocycles. The fourth-order valence-corrected chi connectivity index (χ4v) is 1.62. The van der Waals surface area contributed by atoms with Crippen molar-refractivity contribution in [1.29, 1.82) is 0 Å². The van der Waals surface area contributed by atoms with Crippen molar-refractivity contribution < 1.29 is 19.7 Å². The molecule has 13 heavy (non-hydrogen) atoms. The Kier molecular flexibility index (Phi) is 2.63. The molecule has 0 amide bonds. The van der Waals surface area contributed by atoms with Gasteiger partial charge >= 0.3 is 5.97 Å². The number of hydrogen-bond donors (Lipinski definition) is 2. The lowest BCUT2D eigenvalue weighted by Crippen LogP contribution is -2.52. The van der Waals surface area contributed by atoms with Crippen LogP contribution in [0.3, 0.4) is 0 Å². The molecular formula is C9H16O4. The maximum absolute atomic E-state index is 10.6. The molecule has 0 spiro atoms. The molecule has 1 rings (SSSR count). The monoisotopic (exact) mass is 188 g/mol. The van der Waals surface area contributed by atoms with Crippen LogP contribution in [-0.2, 0) is 9.53 Å². The second kappa shape index (κ2) is 3.27. The van der Waals surface area contributed by atoms with Gasteiger partial charge in [-0.15, -0.1) is 0 Å². The van der Waals surface area contributed by atoms with Crippen molar-refractivity contribution in [1.82, 2.24) is 0 Å². The molecule has 76 valence electrons. The summed E-state index contributed by atoms with van der Waals surface area (Å²) in [6.45, 7) is 4.51. The second-order valence-electron chi connectivity index (χ2n) is 4.29. The van der Waals surface area contributed by atoms with Gasteiger partial charge in [-0.25, -0.2) is 0 Å². The van der Waals surface area contributed by atoms with Crippen LogP contribution in [0.5, 0.6) is 0 Å². The highest BCUT2D eigenvalue weighted by atomic mass is 16.5. The molecule has 4 nitrogen and oxygen atoms in total. The molecule has 1 aliphatic rings. The number of carboxylic acid groups (broad SMARTS) is 1. The molecule has 0 aromatic carbocycles. The van der Waals surface area contributed by atoms with E-state index < -0.39 is 17.0 Å². The maximum atomic E-state index is 10.6. The van der Waals surface area contributed by atoms with Crippen molar-refractivity contribution in [3.8, 4) is 0 Å². The van der Waals surface area contributed by atoms with Gasteiger partial charge in [-0.05, 0) is 0 Å². The Morgan fingerprint density at radius 1 is 1.54 bits per heavy atom. The first kappa shape index (κ1) is 10.5. The zero-order valence-electron chi connectivity index (χ0n) is 8.04. The summed E-state index contributed by atoms with van der Waals surface area (Å²) in [7, 11) is 0. The van der Waals surface area contributed by atoms with E-state index in [1.165, 1.54) is 0 Å². The van der Waals surface area contributed by atoms with Crippen molar-refractivity contribution in [2.45, 2.75) is 32.3 Å². The highest BCUT2D eigenvalue weighted by Crippen LogP contribution is 2.39. The van der Waals surface area contributed by atoms with E-state index in [-0.39, 0.29) is 6.42 Å². The molecule has 0 saturated carbocycles. The number of rotatable bonds is 2. The fraction of sp³-hybridized carbons (Fsp3) is 0.889. The van der Waals surface area contributed by atoms with Crippen LogP contribution < -0.4 is 0 Å². The Bertz CT molecular complexity index is 212. The minimum atomic E-state index is -1.13. The van der Waals surface area contributed by atoms with Crippen molar-refractivity contribution >= 4 is 5.97 Å². The number of ether oxygens (including phenoxy) is 1. The Balaban J connectivity index is 2.77. The number of hydrogen-bond acceptors (Lipinski definition) is 3. The van der Waals surface area contributed by atoms with E-state index in [2.05, 4.69) is 0 Å². The number of carbonyl (C=O) groups is 1. The molecule has 2 N–H and O–H groups in total. The van der Waals surface area contributed by atoms with Gasteiger partial charge in [0, 0.05) is 18.4 Å². The number of aliphatic carboxylic acids is 1. The molecule has 1 heterocycles. The third-order valence-electron chi connectivity index (χ3n) is 2.83. The average molecular weight is 188 g/mol. The van der Waals surface area contributed by atoms with Gasteiger partial charge in [-0.3, -0.25) is 4.79 Å². The fourth-order valence-electron chi connectivity index (χ4n) is 1.62. The van der Waals surface area contributed by atoms with Crippen LogP contribution in [0.2, 0.25) is 0 Å². The van der Waals surface area contributed by atoms with Gasteiger partial charge in [0.25, 0.3) is 0 Å². The zero-order valence-corrected chi connectivity index (χ0v) is 8.04. The van der Waals surface area contributed by atoms with Crippen molar-refractivity contribution in [3.63, 3.8) is 0 Å². The van der Waals surface area contributed by atoms with Gasteiger partial charge < -0.3 is 14.9 Å². The number of carboxylic acids is 1. The average Bonchev–Trinajstić information content (AvgIpc) is 1.94. The first-order chi connectivity index (χ1) is 5.87. The lowest BCUT2D eigenvalue weighted by Gasteiger charge is -2.45. The Morgan fingerprint density at radius 3 is 2.62 bits per heavy atom. The van der Waals surface area contributed by atoms with Gasteiger partial charge in [0.15, 0.2) is 0 Å². The van der Waals surface area contributed by atoms with Crippen molar-refractivity contribution in [3.05, 3.63) is 0 Å². The quantitative estimate of drug-likeness (QED) is 0.667. The maximum Gasteiger partial charge on any atom is 0.306 e. The Labute approximate surface area is 77.5 Å². The highest BCUT2D eigenvalue weighted by molar-refractivity contribution is 5.68. The summed E-state index contributed by atoms with van der Waals surface area (Å²) < 4.78 is 5.21. The molecule has 0 bridgehead atoms. The molecule has 0 radical (unpaired) electrons. The highest BCUT2D eigenvalue weighted by Gasteiger charge is 2.47. The van der Waals surface area contributed by atoms with Crippen LogP contribution in [-0.4, -0.2) is 35.0 Å². The lowest BCUT2D eigenvalue weighted by molar-refractivity contribution is -0.174. The minimum absolute atomic E-state index is 0.205. The van der Waals surface area contributed by atoms with Gasteiger partial charge in [0.1, 0.15) is 0 Å². The summed E-state index contributed by atoms with van der Waals surface area (Å²) in [4.78, 5) is 10.6. The van der Waals surface area contributed by atoms with E-state index in [4.69, 9.17) is 9.84 Å². The second-order valence-corrected chi connectivity index (χ2v) is 4.29. The van der Waals surface area contributed by atoms with Crippen LogP contribution in [0.25, 0.3) is 0 Å². The predicted molar refractivity (Wildman–Crippen MR) is 46.4 cm³/mol. The van der Waals surface area contributed by atoms with Gasteiger partial charge in [-0.2, -0.15) is 0 Å². The zero-order chi connectivity index (χ0) is 10.1. The lowest BCUT2D eigenvalue weighted by atomic mass is 9.70. The first-order valence-corrected chi connectivity index (χ1v) is 4.39. The molecule has 1 aliphatic heterocycles. The van der Waals surface area contributed by atoms with Crippen LogP contribution in [0.4, 0.5) is 0 Å². The van der Waals surface area contributed by atoms with Crippen LogP contribution in [0.15, 0.2) is 0 Å². The molecule has 1 unspecified atom stereocenters. The molecule has 0 aromatic rings. The summed E-state index contributed by atoms with van der Waals surface area (Å²) in [5.74, 6) is -0.961. The van der Waals surface area contributed by atoms with E-state index in [1.807, 2.05) is 13.8 Å². The third-order valence-corrected chi connectivity index (χ3v) is 2.83. The summed E-state index contributed by atoms with van der Waals surface area (Å²) in [6, 6.07) is 0. The topological polar surface area (TPSA) is 66.8 Å². The molecule has 4 heteroatoms. The van der Waals surface area contributed by atoms with Crippen molar-refractivity contribution in [2.24, 2.45) is 5.41 Å². The van der Waals surface area contributed by atoms with E-state index in [1.54, 1.807) is 0 Å². The summed E-state index contributed by atoms with van der Waals surface area (Å²) >= 11 is 0. The smallest absolute Gasteiger partial charge is 0.306 e. The van der Waals surface area contributed by atoms with Crippen LogP contribution in [0.1, 0.15) is 26.7 Å². The standard InChI is InChI=1S/C9H16O4/c1-8(2)6-13-4-3-9(8,12)5-7(10)11/h12H,3-6H2,1-2H3,(H,10,11). The van der Waals surface area contributed by atoms with E-state index in [9.17, 15) is 9.90 Å². The summed E-state index contributed by atoms with van der Waals surface area (Å²) in [5.41, 5.74) is -1.61. The third kappa shape index (κ3) is 2.00. The Morgan fingerprint density at radius 2 is 2.15 bits per heavy atom. The van der Waals surface area contributed by atoms with E-state index in [0.29, 0.717) is 19.6 Å². The molecule has 0 aromatic heterocycles. The van der Waals surface area contributed by atoms with Gasteiger partial charge in [0.2, 0.25) is 0 Å². The summed E-state index contributed by atoms with van der Waals surface area (Å²) in [5, 5.41) is 18.8. The van der Waals surface area contributed by atoms with Gasteiger partial charge in [-0.1, -0.05) is 13.8 Å². The first-order valence-electron chi connectivity index (χ1n) is 4.39. The van der Waals surface area contributed by atoms with Crippen LogP contribution >= 0.6 is 0 Å². The molecular weight excluding hydrogens is 172 g/mol. The largest absolute Gasteiger partial charge is 0.481 e. The normalized spacial score (nSPS) is 32.8. The predicted octanol–water partition coefficient (Wildman–Crippen LogP) is 0.639. The van der Waals surface area contributed by atoms with Crippen LogP contribution in [0, 0.1) is 5.41 Å². The van der Waals surface area contributed by atoms with Gasteiger partial charge in [0.05, 0.1) is 18.6 Å². The van der Waals surface area contributed by atoms with E-state index >= 15 is 0 Å². The SMILES string of the molecule is CC1(C)COCCC1(O)CC(=O)O.